The molecule has 0 saturated heterocycles. The Kier molecular flexibility index (Phi) is 6.16. The van der Waals surface area contributed by atoms with Crippen LogP contribution in [0.3, 0.4) is 0 Å². The van der Waals surface area contributed by atoms with Crippen LogP contribution in [0.4, 0.5) is 5.69 Å². The molecule has 4 nitrogen and oxygen atoms in total. The van der Waals surface area contributed by atoms with E-state index in [0.29, 0.717) is 0 Å². The minimum absolute atomic E-state index is 0.0118. The number of rotatable bonds is 6. The molecule has 0 aliphatic rings. The van der Waals surface area contributed by atoms with E-state index < -0.39 is 6.04 Å². The zero-order chi connectivity index (χ0) is 15.0. The fraction of sp³-hybridized carbons (Fsp3) is 0.312. The molecule has 0 heterocycles. The lowest BCUT2D eigenvalue weighted by molar-refractivity contribution is -0.133. The van der Waals surface area contributed by atoms with Crippen molar-refractivity contribution in [2.75, 3.05) is 11.9 Å². The van der Waals surface area contributed by atoms with Gasteiger partial charge in [0.2, 0.25) is 0 Å². The summed E-state index contributed by atoms with van der Waals surface area (Å²) in [5.41, 5.74) is 5.28. The van der Waals surface area contributed by atoms with E-state index in [2.05, 4.69) is 22.6 Å². The number of nitrogens with one attached hydrogen (secondary N) is 2. The number of amides is 1. The number of hydrogen-bond donors (Lipinski definition) is 2. The molecule has 4 heteroatoms. The zero-order valence-electron chi connectivity index (χ0n) is 11.7. The Labute approximate surface area is 119 Å². The Morgan fingerprint density at radius 2 is 1.95 bits per heavy atom. The van der Waals surface area contributed by atoms with Crippen LogP contribution in [0.5, 0.6) is 0 Å². The predicted octanol–water partition coefficient (Wildman–Crippen LogP) is 1.79. The third-order valence-electron chi connectivity index (χ3n) is 2.77. The van der Waals surface area contributed by atoms with Crippen molar-refractivity contribution in [2.24, 2.45) is 0 Å². The smallest absolute Gasteiger partial charge is 0.267 e. The average molecular weight is 270 g/mol. The molecule has 1 atom stereocenters. The van der Waals surface area contributed by atoms with Crippen molar-refractivity contribution in [1.82, 2.24) is 5.48 Å². The molecule has 104 valence electrons. The van der Waals surface area contributed by atoms with Crippen LogP contribution in [0.2, 0.25) is 0 Å². The van der Waals surface area contributed by atoms with Gasteiger partial charge in [-0.15, -0.1) is 18.8 Å². The highest BCUT2D eigenvalue weighted by atomic mass is 16.6. The number of anilines is 1. The molecule has 0 aliphatic heterocycles. The highest BCUT2D eigenvalue weighted by Gasteiger charge is 2.18. The minimum atomic E-state index is -0.572. The summed E-state index contributed by atoms with van der Waals surface area (Å²) < 4.78 is 0. The first-order valence-electron chi connectivity index (χ1n) is 6.21. The number of para-hydroxylation sites is 1. The standard InChI is InChI=1S/C16H18N2O2/c1-5-8-14(16(19)18-20-11-6-2)17-15-12(3)9-7-10-13(15)4/h1-2,7,9-10,14,17H,8,11H2,3-4H3,(H,18,19). The summed E-state index contributed by atoms with van der Waals surface area (Å²) in [4.78, 5) is 16.8. The Hall–Kier alpha value is -2.43. The van der Waals surface area contributed by atoms with Gasteiger partial charge >= 0.3 is 0 Å². The molecular formula is C16H18N2O2. The van der Waals surface area contributed by atoms with Crippen molar-refractivity contribution in [3.05, 3.63) is 29.3 Å². The molecule has 1 aromatic rings. The minimum Gasteiger partial charge on any atom is -0.372 e. The summed E-state index contributed by atoms with van der Waals surface area (Å²) in [6, 6.07) is 5.32. The van der Waals surface area contributed by atoms with Gasteiger partial charge in [0.25, 0.3) is 5.91 Å². The average Bonchev–Trinajstić information content (AvgIpc) is 2.42. The monoisotopic (exact) mass is 270 g/mol. The van der Waals surface area contributed by atoms with Crippen LogP contribution in [0, 0.1) is 38.5 Å². The van der Waals surface area contributed by atoms with Crippen LogP contribution < -0.4 is 10.8 Å². The lowest BCUT2D eigenvalue weighted by Gasteiger charge is -2.20. The second kappa shape index (κ2) is 7.89. The maximum Gasteiger partial charge on any atom is 0.267 e. The van der Waals surface area contributed by atoms with Crippen molar-refractivity contribution >= 4 is 11.6 Å². The molecule has 0 fully saturated rings. The highest BCUT2D eigenvalue weighted by Crippen LogP contribution is 2.20. The predicted molar refractivity (Wildman–Crippen MR) is 79.7 cm³/mol. The van der Waals surface area contributed by atoms with E-state index in [1.165, 1.54) is 0 Å². The molecule has 0 radical (unpaired) electrons. The van der Waals surface area contributed by atoms with Gasteiger partial charge in [0.1, 0.15) is 12.6 Å². The largest absolute Gasteiger partial charge is 0.372 e. The molecule has 1 rings (SSSR count). The van der Waals surface area contributed by atoms with E-state index in [0.717, 1.165) is 16.8 Å². The normalized spacial score (nSPS) is 11.0. The van der Waals surface area contributed by atoms with Crippen LogP contribution >= 0.6 is 0 Å². The van der Waals surface area contributed by atoms with E-state index in [1.807, 2.05) is 32.0 Å². The van der Waals surface area contributed by atoms with Crippen molar-refractivity contribution in [3.63, 3.8) is 0 Å². The SMILES string of the molecule is C#CCONC(=O)C(CC#C)Nc1c(C)cccc1C. The maximum absolute atomic E-state index is 12.0. The van der Waals surface area contributed by atoms with E-state index in [-0.39, 0.29) is 18.9 Å². The lowest BCUT2D eigenvalue weighted by Crippen LogP contribution is -2.39. The summed E-state index contributed by atoms with van der Waals surface area (Å²) in [6.45, 7) is 3.95. The number of carbonyl (C=O) groups excluding carboxylic acids is 1. The molecular weight excluding hydrogens is 252 g/mol. The first-order valence-corrected chi connectivity index (χ1v) is 6.21. The second-order valence-electron chi connectivity index (χ2n) is 4.33. The summed E-state index contributed by atoms with van der Waals surface area (Å²) in [7, 11) is 0. The Bertz CT molecular complexity index is 532. The van der Waals surface area contributed by atoms with E-state index in [4.69, 9.17) is 17.7 Å². The fourth-order valence-corrected chi connectivity index (χ4v) is 1.76. The molecule has 0 saturated carbocycles. The molecule has 0 spiro atoms. The van der Waals surface area contributed by atoms with Crippen molar-refractivity contribution < 1.29 is 9.63 Å². The van der Waals surface area contributed by atoms with E-state index in [9.17, 15) is 4.79 Å². The van der Waals surface area contributed by atoms with Gasteiger partial charge in [0, 0.05) is 12.1 Å². The van der Waals surface area contributed by atoms with E-state index in [1.54, 1.807) is 0 Å². The number of aryl methyl sites for hydroxylation is 2. The summed E-state index contributed by atoms with van der Waals surface area (Å²) in [5.74, 6) is 4.40. The second-order valence-corrected chi connectivity index (χ2v) is 4.33. The van der Waals surface area contributed by atoms with Gasteiger partial charge < -0.3 is 5.32 Å². The molecule has 0 bridgehead atoms. The third kappa shape index (κ3) is 4.35. The zero-order valence-corrected chi connectivity index (χ0v) is 11.7. The first-order chi connectivity index (χ1) is 9.60. The van der Waals surface area contributed by atoms with Crippen molar-refractivity contribution in [1.29, 1.82) is 0 Å². The van der Waals surface area contributed by atoms with Crippen LogP contribution in [-0.2, 0) is 9.63 Å². The van der Waals surface area contributed by atoms with Gasteiger partial charge in [-0.3, -0.25) is 9.63 Å². The summed E-state index contributed by atoms with van der Waals surface area (Å²) in [6.07, 6.45) is 10.6. The quantitative estimate of drug-likeness (QED) is 0.471. The van der Waals surface area contributed by atoms with Gasteiger partial charge in [-0.05, 0) is 25.0 Å². The summed E-state index contributed by atoms with van der Waals surface area (Å²) in [5, 5.41) is 3.16. The number of benzene rings is 1. The fourth-order valence-electron chi connectivity index (χ4n) is 1.76. The molecule has 0 aromatic heterocycles. The van der Waals surface area contributed by atoms with Gasteiger partial charge in [-0.2, -0.15) is 0 Å². The molecule has 1 unspecified atom stereocenters. The van der Waals surface area contributed by atoms with Crippen molar-refractivity contribution in [2.45, 2.75) is 26.3 Å². The Balaban J connectivity index is 2.80. The van der Waals surface area contributed by atoms with Crippen LogP contribution in [-0.4, -0.2) is 18.6 Å². The number of hydrogen-bond acceptors (Lipinski definition) is 3. The third-order valence-corrected chi connectivity index (χ3v) is 2.77. The Morgan fingerprint density at radius 3 is 2.50 bits per heavy atom. The van der Waals surface area contributed by atoms with Gasteiger partial charge in [0.15, 0.2) is 0 Å². The lowest BCUT2D eigenvalue weighted by atomic mass is 10.1. The molecule has 1 aromatic carbocycles. The topological polar surface area (TPSA) is 50.4 Å². The number of terminal acetylenes is 2. The van der Waals surface area contributed by atoms with Gasteiger partial charge in [0.05, 0.1) is 0 Å². The maximum atomic E-state index is 12.0. The number of carbonyl (C=O) groups is 1. The molecule has 0 aliphatic carbocycles. The molecule has 2 N–H and O–H groups in total. The highest BCUT2D eigenvalue weighted by molar-refractivity contribution is 5.84. The van der Waals surface area contributed by atoms with Crippen LogP contribution in [0.25, 0.3) is 0 Å². The Morgan fingerprint density at radius 1 is 1.30 bits per heavy atom. The van der Waals surface area contributed by atoms with E-state index >= 15 is 0 Å². The molecule has 1 amide bonds. The summed E-state index contributed by atoms with van der Waals surface area (Å²) >= 11 is 0. The van der Waals surface area contributed by atoms with Crippen LogP contribution in [0.15, 0.2) is 18.2 Å². The van der Waals surface area contributed by atoms with Gasteiger partial charge in [-0.1, -0.05) is 24.1 Å². The van der Waals surface area contributed by atoms with Gasteiger partial charge in [-0.25, -0.2) is 5.48 Å². The first kappa shape index (κ1) is 15.6. The molecule has 20 heavy (non-hydrogen) atoms. The number of hydroxylamine groups is 1. The van der Waals surface area contributed by atoms with Crippen molar-refractivity contribution in [3.8, 4) is 24.7 Å². The van der Waals surface area contributed by atoms with Crippen LogP contribution in [0.1, 0.15) is 17.5 Å².